The number of aryl methyl sites for hydroxylation is 2. The number of aromatic nitrogens is 2. The van der Waals surface area contributed by atoms with Gasteiger partial charge in [0.25, 0.3) is 0 Å². The van der Waals surface area contributed by atoms with Crippen LogP contribution in [0.1, 0.15) is 18.2 Å². The molecule has 1 N–H and O–H groups in total. The fraction of sp³-hybridized carbons (Fsp3) is 0.357. The van der Waals surface area contributed by atoms with Gasteiger partial charge < -0.3 is 5.32 Å². The standard InChI is InChI=1S/C14H18ClN3S/c1-4-16-9-11-8-12(15)5-6-13(11)19-14-7-10(2)17-18(14)3/h5-8,16H,4,9H2,1-3H3. The van der Waals surface area contributed by atoms with Gasteiger partial charge in [-0.25, -0.2) is 0 Å². The predicted octanol–water partition coefficient (Wildman–Crippen LogP) is 3.64. The second kappa shape index (κ2) is 6.46. The van der Waals surface area contributed by atoms with Crippen LogP contribution in [0, 0.1) is 6.92 Å². The summed E-state index contributed by atoms with van der Waals surface area (Å²) in [6.45, 7) is 5.88. The first kappa shape index (κ1) is 14.4. The molecule has 2 aromatic rings. The van der Waals surface area contributed by atoms with Gasteiger partial charge in [0.15, 0.2) is 0 Å². The second-order valence-electron chi connectivity index (χ2n) is 4.38. The zero-order chi connectivity index (χ0) is 13.8. The molecule has 0 saturated carbocycles. The summed E-state index contributed by atoms with van der Waals surface area (Å²) in [5, 5.41) is 9.63. The molecule has 0 unspecified atom stereocenters. The number of nitrogens with one attached hydrogen (secondary N) is 1. The molecule has 0 atom stereocenters. The molecular weight excluding hydrogens is 278 g/mol. The van der Waals surface area contributed by atoms with Crippen molar-refractivity contribution in [3.8, 4) is 0 Å². The maximum absolute atomic E-state index is 6.08. The van der Waals surface area contributed by atoms with E-state index in [1.165, 1.54) is 10.5 Å². The number of nitrogens with zero attached hydrogens (tertiary/aromatic N) is 2. The molecular formula is C14H18ClN3S. The lowest BCUT2D eigenvalue weighted by Gasteiger charge is -2.10. The van der Waals surface area contributed by atoms with Crippen LogP contribution in [-0.2, 0) is 13.6 Å². The molecule has 2 rings (SSSR count). The molecule has 5 heteroatoms. The Morgan fingerprint density at radius 3 is 2.79 bits per heavy atom. The van der Waals surface area contributed by atoms with E-state index >= 15 is 0 Å². The van der Waals surface area contributed by atoms with E-state index < -0.39 is 0 Å². The lowest BCUT2D eigenvalue weighted by atomic mass is 10.2. The average Bonchev–Trinajstić information content (AvgIpc) is 2.68. The first-order valence-corrected chi connectivity index (χ1v) is 7.47. The van der Waals surface area contributed by atoms with Crippen molar-refractivity contribution in [3.05, 3.63) is 40.5 Å². The van der Waals surface area contributed by atoms with Crippen LogP contribution in [0.2, 0.25) is 5.02 Å². The molecule has 102 valence electrons. The monoisotopic (exact) mass is 295 g/mol. The number of hydrogen-bond donors (Lipinski definition) is 1. The minimum atomic E-state index is 0.776. The molecule has 0 spiro atoms. The van der Waals surface area contributed by atoms with E-state index in [0.717, 1.165) is 28.8 Å². The molecule has 1 aromatic carbocycles. The van der Waals surface area contributed by atoms with Crippen molar-refractivity contribution >= 4 is 23.4 Å². The van der Waals surface area contributed by atoms with Crippen LogP contribution in [-0.4, -0.2) is 16.3 Å². The van der Waals surface area contributed by atoms with Gasteiger partial charge in [-0.2, -0.15) is 5.10 Å². The van der Waals surface area contributed by atoms with E-state index in [1.54, 1.807) is 11.8 Å². The van der Waals surface area contributed by atoms with Gasteiger partial charge >= 0.3 is 0 Å². The molecule has 1 heterocycles. The Morgan fingerprint density at radius 2 is 2.16 bits per heavy atom. The lowest BCUT2D eigenvalue weighted by Crippen LogP contribution is -2.12. The van der Waals surface area contributed by atoms with Crippen LogP contribution in [0.5, 0.6) is 0 Å². The van der Waals surface area contributed by atoms with Gasteiger partial charge in [0, 0.05) is 23.5 Å². The first-order valence-electron chi connectivity index (χ1n) is 6.27. The summed E-state index contributed by atoms with van der Waals surface area (Å²) in [6, 6.07) is 8.12. The van der Waals surface area contributed by atoms with E-state index in [1.807, 2.05) is 30.8 Å². The van der Waals surface area contributed by atoms with E-state index in [-0.39, 0.29) is 0 Å². The third-order valence-electron chi connectivity index (χ3n) is 2.76. The van der Waals surface area contributed by atoms with Gasteiger partial charge in [0.05, 0.1) is 10.7 Å². The predicted molar refractivity (Wildman–Crippen MR) is 80.9 cm³/mol. The highest BCUT2D eigenvalue weighted by molar-refractivity contribution is 7.99. The summed E-state index contributed by atoms with van der Waals surface area (Å²) < 4.78 is 1.91. The van der Waals surface area contributed by atoms with Gasteiger partial charge in [0.2, 0.25) is 0 Å². The summed E-state index contributed by atoms with van der Waals surface area (Å²) in [5.41, 5.74) is 2.25. The van der Waals surface area contributed by atoms with Gasteiger partial charge in [0.1, 0.15) is 0 Å². The first-order chi connectivity index (χ1) is 9.10. The van der Waals surface area contributed by atoms with Crippen LogP contribution in [0.3, 0.4) is 0 Å². The maximum atomic E-state index is 6.08. The van der Waals surface area contributed by atoms with Crippen molar-refractivity contribution in [2.75, 3.05) is 6.54 Å². The summed E-state index contributed by atoms with van der Waals surface area (Å²) in [4.78, 5) is 1.22. The normalized spacial score (nSPS) is 10.9. The zero-order valence-electron chi connectivity index (χ0n) is 11.4. The molecule has 1 aromatic heterocycles. The minimum Gasteiger partial charge on any atom is -0.313 e. The Morgan fingerprint density at radius 1 is 1.37 bits per heavy atom. The Bertz CT molecular complexity index is 566. The van der Waals surface area contributed by atoms with Crippen molar-refractivity contribution in [3.63, 3.8) is 0 Å². The van der Waals surface area contributed by atoms with Crippen LogP contribution in [0.4, 0.5) is 0 Å². The Hall–Kier alpha value is -0.970. The summed E-state index contributed by atoms with van der Waals surface area (Å²) in [6.07, 6.45) is 0. The quantitative estimate of drug-likeness (QED) is 0.913. The van der Waals surface area contributed by atoms with Crippen LogP contribution in [0.15, 0.2) is 34.2 Å². The molecule has 0 aliphatic rings. The van der Waals surface area contributed by atoms with E-state index in [4.69, 9.17) is 11.6 Å². The van der Waals surface area contributed by atoms with E-state index in [2.05, 4.69) is 29.5 Å². The van der Waals surface area contributed by atoms with Crippen molar-refractivity contribution in [1.82, 2.24) is 15.1 Å². The highest BCUT2D eigenvalue weighted by Gasteiger charge is 2.09. The third-order valence-corrected chi connectivity index (χ3v) is 4.21. The van der Waals surface area contributed by atoms with Crippen molar-refractivity contribution in [1.29, 1.82) is 0 Å². The highest BCUT2D eigenvalue weighted by atomic mass is 35.5. The molecule has 0 saturated heterocycles. The average molecular weight is 296 g/mol. The molecule has 0 bridgehead atoms. The summed E-state index contributed by atoms with van der Waals surface area (Å²) in [7, 11) is 1.97. The van der Waals surface area contributed by atoms with Crippen LogP contribution >= 0.6 is 23.4 Å². The zero-order valence-corrected chi connectivity index (χ0v) is 13.0. The number of benzene rings is 1. The smallest absolute Gasteiger partial charge is 0.0987 e. The molecule has 0 radical (unpaired) electrons. The lowest BCUT2D eigenvalue weighted by molar-refractivity contribution is 0.691. The Kier molecular flexibility index (Phi) is 4.91. The fourth-order valence-electron chi connectivity index (χ4n) is 1.84. The number of rotatable bonds is 5. The second-order valence-corrected chi connectivity index (χ2v) is 5.88. The summed E-state index contributed by atoms with van der Waals surface area (Å²) >= 11 is 7.80. The molecule has 0 aliphatic heterocycles. The molecule has 19 heavy (non-hydrogen) atoms. The van der Waals surface area contributed by atoms with E-state index in [9.17, 15) is 0 Å². The Labute approximate surface area is 123 Å². The van der Waals surface area contributed by atoms with Gasteiger partial charge in [-0.05, 0) is 43.3 Å². The van der Waals surface area contributed by atoms with Crippen molar-refractivity contribution in [2.45, 2.75) is 30.3 Å². The van der Waals surface area contributed by atoms with E-state index in [0.29, 0.717) is 0 Å². The van der Waals surface area contributed by atoms with Crippen molar-refractivity contribution < 1.29 is 0 Å². The van der Waals surface area contributed by atoms with Crippen molar-refractivity contribution in [2.24, 2.45) is 7.05 Å². The maximum Gasteiger partial charge on any atom is 0.0987 e. The number of halogens is 1. The van der Waals surface area contributed by atoms with Gasteiger partial charge in [-0.3, -0.25) is 4.68 Å². The largest absolute Gasteiger partial charge is 0.313 e. The molecule has 0 fully saturated rings. The molecule has 3 nitrogen and oxygen atoms in total. The summed E-state index contributed by atoms with van der Waals surface area (Å²) in [5.74, 6) is 0. The molecule has 0 amide bonds. The third kappa shape index (κ3) is 3.75. The van der Waals surface area contributed by atoms with Crippen LogP contribution in [0.25, 0.3) is 0 Å². The minimum absolute atomic E-state index is 0.776. The fourth-order valence-corrected chi connectivity index (χ4v) is 3.06. The SMILES string of the molecule is CCNCc1cc(Cl)ccc1Sc1cc(C)nn1C. The topological polar surface area (TPSA) is 29.9 Å². The van der Waals surface area contributed by atoms with Gasteiger partial charge in [-0.1, -0.05) is 30.3 Å². The van der Waals surface area contributed by atoms with Crippen LogP contribution < -0.4 is 5.32 Å². The highest BCUT2D eigenvalue weighted by Crippen LogP contribution is 2.32. The van der Waals surface area contributed by atoms with Gasteiger partial charge in [-0.15, -0.1) is 0 Å². The number of hydrogen-bond acceptors (Lipinski definition) is 3. The molecule has 0 aliphatic carbocycles. The Balaban J connectivity index is 2.26.